The van der Waals surface area contributed by atoms with Crippen molar-refractivity contribution < 1.29 is 9.90 Å². The van der Waals surface area contributed by atoms with E-state index in [1.807, 2.05) is 36.2 Å². The Morgan fingerprint density at radius 2 is 2.12 bits per heavy atom. The van der Waals surface area contributed by atoms with Crippen LogP contribution in [0.25, 0.3) is 0 Å². The Labute approximate surface area is 101 Å². The Morgan fingerprint density at radius 1 is 1.35 bits per heavy atom. The maximum atomic E-state index is 11.9. The molecule has 92 valence electrons. The fraction of sp³-hybridized carbons (Fsp3) is 0.462. The van der Waals surface area contributed by atoms with Gasteiger partial charge in [0.1, 0.15) is 0 Å². The summed E-state index contributed by atoms with van der Waals surface area (Å²) in [5, 5.41) is 12.6. The first kappa shape index (κ1) is 12.1. The molecule has 1 aromatic carbocycles. The van der Waals surface area contributed by atoms with Gasteiger partial charge in [-0.1, -0.05) is 18.2 Å². The molecular formula is C13H18N2O2. The number of hydrazine groups is 1. The Bertz CT molecular complexity index is 406. The zero-order valence-corrected chi connectivity index (χ0v) is 10.1. The van der Waals surface area contributed by atoms with Gasteiger partial charge in [0.05, 0.1) is 5.69 Å². The van der Waals surface area contributed by atoms with Gasteiger partial charge in [-0.15, -0.1) is 0 Å². The Morgan fingerprint density at radius 3 is 2.82 bits per heavy atom. The van der Waals surface area contributed by atoms with Crippen molar-refractivity contribution in [3.8, 4) is 0 Å². The fourth-order valence-corrected chi connectivity index (χ4v) is 2.14. The van der Waals surface area contributed by atoms with Gasteiger partial charge in [-0.2, -0.15) is 0 Å². The van der Waals surface area contributed by atoms with Crippen molar-refractivity contribution in [2.45, 2.75) is 19.8 Å². The van der Waals surface area contributed by atoms with Crippen molar-refractivity contribution >= 4 is 11.6 Å². The van der Waals surface area contributed by atoms with Crippen LogP contribution in [0.4, 0.5) is 5.69 Å². The summed E-state index contributed by atoms with van der Waals surface area (Å²) in [6, 6.07) is 7.88. The molecule has 0 aromatic heterocycles. The average molecular weight is 234 g/mol. The summed E-state index contributed by atoms with van der Waals surface area (Å²) in [4.78, 5) is 11.9. The molecular weight excluding hydrogens is 216 g/mol. The number of para-hydroxylation sites is 1. The predicted molar refractivity (Wildman–Crippen MR) is 66.6 cm³/mol. The standard InChI is InChI=1S/C13H18N2O2/c1-11-5-2-3-6-12(11)15-13(17)7-9-14(15)8-4-10-16/h2-3,5-6,16H,4,7-10H2,1H3. The topological polar surface area (TPSA) is 43.8 Å². The number of benzene rings is 1. The molecule has 0 aliphatic carbocycles. The van der Waals surface area contributed by atoms with Crippen molar-refractivity contribution in [2.24, 2.45) is 0 Å². The summed E-state index contributed by atoms with van der Waals surface area (Å²) < 4.78 is 0. The van der Waals surface area contributed by atoms with E-state index in [4.69, 9.17) is 5.11 Å². The van der Waals surface area contributed by atoms with Gasteiger partial charge in [0.2, 0.25) is 5.91 Å². The van der Waals surface area contributed by atoms with E-state index >= 15 is 0 Å². The van der Waals surface area contributed by atoms with Gasteiger partial charge >= 0.3 is 0 Å². The first-order chi connectivity index (χ1) is 8.24. The Hall–Kier alpha value is -1.39. The van der Waals surface area contributed by atoms with E-state index in [1.165, 1.54) is 0 Å². The second kappa shape index (κ2) is 5.29. The lowest BCUT2D eigenvalue weighted by Crippen LogP contribution is -2.40. The van der Waals surface area contributed by atoms with E-state index in [0.29, 0.717) is 12.8 Å². The highest BCUT2D eigenvalue weighted by atomic mass is 16.3. The summed E-state index contributed by atoms with van der Waals surface area (Å²) in [5.74, 6) is 0.136. The molecule has 4 nitrogen and oxygen atoms in total. The predicted octanol–water partition coefficient (Wildman–Crippen LogP) is 1.33. The molecule has 4 heteroatoms. The minimum Gasteiger partial charge on any atom is -0.396 e. The number of anilines is 1. The maximum absolute atomic E-state index is 11.9. The molecule has 0 spiro atoms. The molecule has 1 heterocycles. The number of hydrogen-bond donors (Lipinski definition) is 1. The van der Waals surface area contributed by atoms with Crippen LogP contribution in [0.15, 0.2) is 24.3 Å². The zero-order chi connectivity index (χ0) is 12.3. The van der Waals surface area contributed by atoms with Crippen LogP contribution in [-0.2, 0) is 4.79 Å². The van der Waals surface area contributed by atoms with Crippen LogP contribution in [0.1, 0.15) is 18.4 Å². The molecule has 1 aliphatic rings. The minimum atomic E-state index is 0.136. The van der Waals surface area contributed by atoms with Crippen molar-refractivity contribution in [3.05, 3.63) is 29.8 Å². The van der Waals surface area contributed by atoms with E-state index < -0.39 is 0 Å². The number of amides is 1. The van der Waals surface area contributed by atoms with Gasteiger partial charge in [0, 0.05) is 26.1 Å². The summed E-state index contributed by atoms with van der Waals surface area (Å²) >= 11 is 0. The molecule has 2 rings (SSSR count). The van der Waals surface area contributed by atoms with E-state index in [-0.39, 0.29) is 12.5 Å². The van der Waals surface area contributed by atoms with Crippen molar-refractivity contribution in [3.63, 3.8) is 0 Å². The van der Waals surface area contributed by atoms with E-state index in [1.54, 1.807) is 5.01 Å². The lowest BCUT2D eigenvalue weighted by atomic mass is 10.2. The molecule has 1 amide bonds. The highest BCUT2D eigenvalue weighted by Crippen LogP contribution is 2.25. The molecule has 17 heavy (non-hydrogen) atoms. The van der Waals surface area contributed by atoms with Crippen molar-refractivity contribution in [1.82, 2.24) is 5.01 Å². The van der Waals surface area contributed by atoms with Gasteiger partial charge < -0.3 is 5.11 Å². The highest BCUT2D eigenvalue weighted by Gasteiger charge is 2.30. The smallest absolute Gasteiger partial charge is 0.242 e. The van der Waals surface area contributed by atoms with E-state index in [9.17, 15) is 4.79 Å². The summed E-state index contributed by atoms with van der Waals surface area (Å²) in [6.45, 7) is 3.63. The van der Waals surface area contributed by atoms with Gasteiger partial charge in [-0.3, -0.25) is 4.79 Å². The number of aliphatic hydroxyl groups is 1. The van der Waals surface area contributed by atoms with Crippen LogP contribution in [-0.4, -0.2) is 35.7 Å². The number of rotatable bonds is 4. The third kappa shape index (κ3) is 2.48. The van der Waals surface area contributed by atoms with Gasteiger partial charge in [0.25, 0.3) is 0 Å². The Kier molecular flexibility index (Phi) is 3.76. The fourth-order valence-electron chi connectivity index (χ4n) is 2.14. The first-order valence-corrected chi connectivity index (χ1v) is 5.98. The van der Waals surface area contributed by atoms with Gasteiger partial charge in [0.15, 0.2) is 0 Å². The quantitative estimate of drug-likeness (QED) is 0.854. The number of nitrogens with zero attached hydrogens (tertiary/aromatic N) is 2. The lowest BCUT2D eigenvalue weighted by molar-refractivity contribution is -0.118. The number of carbonyl (C=O) groups excluding carboxylic acids is 1. The number of aliphatic hydroxyl groups excluding tert-OH is 1. The van der Waals surface area contributed by atoms with E-state index in [0.717, 1.165) is 24.3 Å². The first-order valence-electron chi connectivity index (χ1n) is 5.98. The molecule has 1 saturated heterocycles. The maximum Gasteiger partial charge on any atom is 0.242 e. The van der Waals surface area contributed by atoms with Crippen LogP contribution in [0.2, 0.25) is 0 Å². The van der Waals surface area contributed by atoms with Crippen LogP contribution in [0.3, 0.4) is 0 Å². The average Bonchev–Trinajstić information content (AvgIpc) is 2.69. The van der Waals surface area contributed by atoms with Crippen LogP contribution < -0.4 is 5.01 Å². The molecule has 1 N–H and O–H groups in total. The summed E-state index contributed by atoms with van der Waals surface area (Å²) in [6.07, 6.45) is 1.25. The molecule has 0 bridgehead atoms. The van der Waals surface area contributed by atoms with Crippen molar-refractivity contribution in [1.29, 1.82) is 0 Å². The van der Waals surface area contributed by atoms with Crippen LogP contribution in [0.5, 0.6) is 0 Å². The van der Waals surface area contributed by atoms with E-state index in [2.05, 4.69) is 0 Å². The monoisotopic (exact) mass is 234 g/mol. The number of hydrogen-bond acceptors (Lipinski definition) is 3. The van der Waals surface area contributed by atoms with Gasteiger partial charge in [-0.25, -0.2) is 10.0 Å². The molecule has 1 fully saturated rings. The summed E-state index contributed by atoms with van der Waals surface area (Å²) in [5.41, 5.74) is 2.05. The lowest BCUT2D eigenvalue weighted by Gasteiger charge is -2.28. The second-order valence-corrected chi connectivity index (χ2v) is 4.27. The zero-order valence-electron chi connectivity index (χ0n) is 10.1. The van der Waals surface area contributed by atoms with Crippen LogP contribution in [0, 0.1) is 6.92 Å². The summed E-state index contributed by atoms with van der Waals surface area (Å²) in [7, 11) is 0. The third-order valence-electron chi connectivity index (χ3n) is 3.02. The van der Waals surface area contributed by atoms with Gasteiger partial charge in [-0.05, 0) is 25.0 Å². The highest BCUT2D eigenvalue weighted by molar-refractivity contribution is 5.95. The molecule has 0 unspecified atom stereocenters. The normalized spacial score (nSPS) is 16.8. The largest absolute Gasteiger partial charge is 0.396 e. The molecule has 0 saturated carbocycles. The van der Waals surface area contributed by atoms with Crippen LogP contribution >= 0.6 is 0 Å². The van der Waals surface area contributed by atoms with Crippen molar-refractivity contribution in [2.75, 3.05) is 24.7 Å². The third-order valence-corrected chi connectivity index (χ3v) is 3.02. The second-order valence-electron chi connectivity index (χ2n) is 4.27. The molecule has 1 aromatic rings. The number of carbonyl (C=O) groups is 1. The molecule has 1 aliphatic heterocycles. The number of aryl methyl sites for hydroxylation is 1. The minimum absolute atomic E-state index is 0.136. The molecule has 0 radical (unpaired) electrons. The molecule has 0 atom stereocenters. The SMILES string of the molecule is Cc1ccccc1N1C(=O)CCN1CCCO. The Balaban J connectivity index is 2.22.